The van der Waals surface area contributed by atoms with Crippen LogP contribution in [0.25, 0.3) is 0 Å². The predicted molar refractivity (Wildman–Crippen MR) is 112 cm³/mol. The summed E-state index contributed by atoms with van der Waals surface area (Å²) in [5, 5.41) is 3.23. The van der Waals surface area contributed by atoms with Gasteiger partial charge in [0.1, 0.15) is 0 Å². The quantitative estimate of drug-likeness (QED) is 0.783. The molecular formula is C20H20ClN3O3S. The summed E-state index contributed by atoms with van der Waals surface area (Å²) in [7, 11) is 1.57. The number of carbonyl (C=O) groups excluding carboxylic acids is 3. The maximum Gasteiger partial charge on any atom is 0.243 e. The molecule has 28 heavy (non-hydrogen) atoms. The van der Waals surface area contributed by atoms with Crippen molar-refractivity contribution in [3.05, 3.63) is 53.6 Å². The molecule has 0 fully saturated rings. The molecule has 0 unspecified atom stereocenters. The number of rotatable bonds is 6. The van der Waals surface area contributed by atoms with Crippen LogP contribution in [0, 0.1) is 0 Å². The molecule has 3 rings (SSSR count). The first-order chi connectivity index (χ1) is 13.4. The maximum absolute atomic E-state index is 12.4. The molecule has 0 spiro atoms. The van der Waals surface area contributed by atoms with E-state index < -0.39 is 0 Å². The van der Waals surface area contributed by atoms with Crippen LogP contribution in [0.4, 0.5) is 11.4 Å². The van der Waals surface area contributed by atoms with Crippen molar-refractivity contribution < 1.29 is 14.4 Å². The Morgan fingerprint density at radius 3 is 2.79 bits per heavy atom. The molecule has 6 nitrogen and oxygen atoms in total. The topological polar surface area (TPSA) is 69.7 Å². The van der Waals surface area contributed by atoms with Gasteiger partial charge in [-0.25, -0.2) is 0 Å². The summed E-state index contributed by atoms with van der Waals surface area (Å²) < 4.78 is 0. The van der Waals surface area contributed by atoms with E-state index in [4.69, 9.17) is 11.6 Å². The summed E-state index contributed by atoms with van der Waals surface area (Å²) in [4.78, 5) is 40.9. The molecular weight excluding hydrogens is 398 g/mol. The van der Waals surface area contributed by atoms with Crippen LogP contribution in [0.2, 0.25) is 5.02 Å². The third-order valence-electron chi connectivity index (χ3n) is 4.27. The number of carbonyl (C=O) groups is 3. The average Bonchev–Trinajstić information content (AvgIpc) is 2.66. The molecule has 0 radical (unpaired) electrons. The zero-order chi connectivity index (χ0) is 20.1. The SMILES string of the molecule is CN(CC(=O)Nc1cccc(Cl)c1)C(=O)CCN1C(=O)CSc2ccccc21. The Balaban J connectivity index is 1.53. The lowest BCUT2D eigenvalue weighted by molar-refractivity contribution is -0.133. The number of nitrogens with one attached hydrogen (secondary N) is 1. The highest BCUT2D eigenvalue weighted by Crippen LogP contribution is 2.34. The Bertz CT molecular complexity index is 906. The number of likely N-dealkylation sites (N-methyl/N-ethyl adjacent to an activating group) is 1. The van der Waals surface area contributed by atoms with Crippen LogP contribution in [0.15, 0.2) is 53.4 Å². The number of anilines is 2. The Morgan fingerprint density at radius 2 is 2.00 bits per heavy atom. The van der Waals surface area contributed by atoms with E-state index in [9.17, 15) is 14.4 Å². The van der Waals surface area contributed by atoms with Crippen molar-refractivity contribution in [2.75, 3.05) is 36.1 Å². The summed E-state index contributed by atoms with van der Waals surface area (Å²) in [5.41, 5.74) is 1.41. The predicted octanol–water partition coefficient (Wildman–Crippen LogP) is 3.27. The second-order valence-corrected chi connectivity index (χ2v) is 7.81. The fourth-order valence-electron chi connectivity index (χ4n) is 2.87. The highest BCUT2D eigenvalue weighted by Gasteiger charge is 2.25. The number of para-hydroxylation sites is 1. The summed E-state index contributed by atoms with van der Waals surface area (Å²) in [6, 6.07) is 14.5. The molecule has 1 heterocycles. The van der Waals surface area contributed by atoms with E-state index in [0.717, 1.165) is 10.6 Å². The molecule has 1 aliphatic heterocycles. The number of amides is 3. The van der Waals surface area contributed by atoms with Crippen molar-refractivity contribution in [3.63, 3.8) is 0 Å². The van der Waals surface area contributed by atoms with Crippen LogP contribution in [0.1, 0.15) is 6.42 Å². The molecule has 0 atom stereocenters. The number of benzene rings is 2. The molecule has 2 aromatic carbocycles. The number of hydrogen-bond donors (Lipinski definition) is 1. The van der Waals surface area contributed by atoms with Crippen LogP contribution in [0.5, 0.6) is 0 Å². The monoisotopic (exact) mass is 417 g/mol. The van der Waals surface area contributed by atoms with Gasteiger partial charge in [-0.15, -0.1) is 11.8 Å². The van der Waals surface area contributed by atoms with Gasteiger partial charge in [-0.1, -0.05) is 29.8 Å². The summed E-state index contributed by atoms with van der Waals surface area (Å²) in [6.45, 7) is 0.210. The van der Waals surface area contributed by atoms with Crippen LogP contribution in [0.3, 0.4) is 0 Å². The number of thioether (sulfide) groups is 1. The van der Waals surface area contributed by atoms with E-state index in [2.05, 4.69) is 5.32 Å². The first kappa shape index (κ1) is 20.2. The Hall–Kier alpha value is -2.51. The minimum absolute atomic E-state index is 0.0159. The van der Waals surface area contributed by atoms with Gasteiger partial charge in [-0.2, -0.15) is 0 Å². The molecule has 2 aromatic rings. The van der Waals surface area contributed by atoms with Gasteiger partial charge in [-0.3, -0.25) is 14.4 Å². The normalized spacial score (nSPS) is 13.1. The number of hydrogen-bond acceptors (Lipinski definition) is 4. The number of fused-ring (bicyclic) bond motifs is 1. The van der Waals surface area contributed by atoms with Crippen LogP contribution >= 0.6 is 23.4 Å². The first-order valence-electron chi connectivity index (χ1n) is 8.75. The minimum atomic E-state index is -0.311. The van der Waals surface area contributed by atoms with Gasteiger partial charge in [0.15, 0.2) is 0 Å². The lowest BCUT2D eigenvalue weighted by atomic mass is 10.2. The lowest BCUT2D eigenvalue weighted by Crippen LogP contribution is -2.40. The van der Waals surface area contributed by atoms with Crippen LogP contribution in [-0.2, 0) is 14.4 Å². The van der Waals surface area contributed by atoms with E-state index in [1.54, 1.807) is 36.2 Å². The van der Waals surface area contributed by atoms with Crippen molar-refractivity contribution in [3.8, 4) is 0 Å². The third kappa shape index (κ3) is 5.05. The largest absolute Gasteiger partial charge is 0.336 e. The van der Waals surface area contributed by atoms with Gasteiger partial charge in [0.05, 0.1) is 18.0 Å². The van der Waals surface area contributed by atoms with Crippen LogP contribution in [-0.4, -0.2) is 48.5 Å². The van der Waals surface area contributed by atoms with E-state index in [1.807, 2.05) is 24.3 Å². The van der Waals surface area contributed by atoms with Crippen molar-refractivity contribution in [1.29, 1.82) is 0 Å². The molecule has 0 bridgehead atoms. The van der Waals surface area contributed by atoms with E-state index in [0.29, 0.717) is 16.5 Å². The van der Waals surface area contributed by atoms with Crippen molar-refractivity contribution in [2.24, 2.45) is 0 Å². The zero-order valence-corrected chi connectivity index (χ0v) is 16.9. The standard InChI is InChI=1S/C20H20ClN3O3S/c1-23(12-18(25)22-15-6-4-5-14(21)11-15)19(26)9-10-24-16-7-2-3-8-17(16)28-13-20(24)27/h2-8,11H,9-10,12-13H2,1H3,(H,22,25). The van der Waals surface area contributed by atoms with E-state index in [1.165, 1.54) is 16.7 Å². The lowest BCUT2D eigenvalue weighted by Gasteiger charge is -2.29. The fraction of sp³-hybridized carbons (Fsp3) is 0.250. The number of nitrogens with zero attached hydrogens (tertiary/aromatic N) is 2. The van der Waals surface area contributed by atoms with Gasteiger partial charge >= 0.3 is 0 Å². The fourth-order valence-corrected chi connectivity index (χ4v) is 3.99. The van der Waals surface area contributed by atoms with Gasteiger partial charge in [0.25, 0.3) is 0 Å². The Morgan fingerprint density at radius 1 is 1.21 bits per heavy atom. The average molecular weight is 418 g/mol. The van der Waals surface area contributed by atoms with Crippen LogP contribution < -0.4 is 10.2 Å². The summed E-state index contributed by atoms with van der Waals surface area (Å²) in [5.74, 6) is -0.167. The summed E-state index contributed by atoms with van der Waals surface area (Å²) >= 11 is 7.40. The Labute approximate surface area is 172 Å². The van der Waals surface area contributed by atoms with Gasteiger partial charge < -0.3 is 15.1 Å². The third-order valence-corrected chi connectivity index (χ3v) is 5.56. The first-order valence-corrected chi connectivity index (χ1v) is 10.1. The number of halogens is 1. The molecule has 1 aliphatic rings. The van der Waals surface area contributed by atoms with Crippen molar-refractivity contribution in [2.45, 2.75) is 11.3 Å². The second kappa shape index (κ2) is 9.12. The van der Waals surface area contributed by atoms with Gasteiger partial charge in [0, 0.05) is 35.6 Å². The van der Waals surface area contributed by atoms with E-state index in [-0.39, 0.29) is 37.2 Å². The van der Waals surface area contributed by atoms with E-state index >= 15 is 0 Å². The summed E-state index contributed by atoms with van der Waals surface area (Å²) in [6.07, 6.45) is 0.145. The Kier molecular flexibility index (Phi) is 6.59. The van der Waals surface area contributed by atoms with Gasteiger partial charge in [0.2, 0.25) is 17.7 Å². The molecule has 1 N–H and O–H groups in total. The zero-order valence-electron chi connectivity index (χ0n) is 15.4. The minimum Gasteiger partial charge on any atom is -0.336 e. The molecule has 0 aliphatic carbocycles. The smallest absolute Gasteiger partial charge is 0.243 e. The van der Waals surface area contributed by atoms with Gasteiger partial charge in [-0.05, 0) is 30.3 Å². The highest BCUT2D eigenvalue weighted by molar-refractivity contribution is 8.00. The maximum atomic E-state index is 12.4. The molecule has 0 aromatic heterocycles. The molecule has 3 amide bonds. The molecule has 146 valence electrons. The van der Waals surface area contributed by atoms with Crippen molar-refractivity contribution in [1.82, 2.24) is 4.90 Å². The molecule has 0 saturated heterocycles. The molecule has 0 saturated carbocycles. The second-order valence-electron chi connectivity index (χ2n) is 6.36. The molecule has 8 heteroatoms. The highest BCUT2D eigenvalue weighted by atomic mass is 35.5. The van der Waals surface area contributed by atoms with Crippen molar-refractivity contribution >= 4 is 52.5 Å².